The van der Waals surface area contributed by atoms with Crippen LogP contribution < -0.4 is 0 Å². The number of nitrogens with zero attached hydrogens (tertiary/aromatic N) is 3. The highest BCUT2D eigenvalue weighted by Crippen LogP contribution is 2.26. The second kappa shape index (κ2) is 9.19. The maximum absolute atomic E-state index is 12.7. The van der Waals surface area contributed by atoms with Crippen LogP contribution in [0.1, 0.15) is 34.1 Å². The van der Waals surface area contributed by atoms with Crippen LogP contribution in [0.2, 0.25) is 0 Å². The van der Waals surface area contributed by atoms with Gasteiger partial charge in [0, 0.05) is 19.2 Å². The Labute approximate surface area is 170 Å². The van der Waals surface area contributed by atoms with Crippen molar-refractivity contribution in [3.63, 3.8) is 0 Å². The second-order valence-electron chi connectivity index (χ2n) is 6.84. The fraction of sp³-hybridized carbons (Fsp3) is 0.261. The molecule has 0 saturated heterocycles. The van der Waals surface area contributed by atoms with E-state index in [1.165, 1.54) is 6.39 Å². The number of carbonyl (C=O) groups is 1. The van der Waals surface area contributed by atoms with Crippen LogP contribution in [0.4, 0.5) is 5.69 Å². The third-order valence-corrected chi connectivity index (χ3v) is 4.67. The number of aryl methyl sites for hydroxylation is 2. The molecule has 0 aliphatic heterocycles. The van der Waals surface area contributed by atoms with Crippen molar-refractivity contribution in [3.8, 4) is 11.3 Å². The Balaban J connectivity index is 1.73. The van der Waals surface area contributed by atoms with E-state index in [-0.39, 0.29) is 6.61 Å². The number of benzene rings is 2. The van der Waals surface area contributed by atoms with Gasteiger partial charge in [0.05, 0.1) is 17.6 Å². The van der Waals surface area contributed by atoms with E-state index < -0.39 is 5.97 Å². The van der Waals surface area contributed by atoms with Gasteiger partial charge in [-0.05, 0) is 44.0 Å². The standard InChI is InChI=1S/C23H25N3O3/c1-5-26(4)14-24-20-12-16(2)19(11-17(20)3)23(27)28-13-21-22(29-15-25-21)18-9-7-6-8-10-18/h6-12,14-15H,5,13H2,1-4H3. The zero-order valence-corrected chi connectivity index (χ0v) is 17.2. The van der Waals surface area contributed by atoms with Crippen molar-refractivity contribution in [1.29, 1.82) is 0 Å². The summed E-state index contributed by atoms with van der Waals surface area (Å²) in [6.07, 6.45) is 3.15. The van der Waals surface area contributed by atoms with Gasteiger partial charge < -0.3 is 14.1 Å². The van der Waals surface area contributed by atoms with Gasteiger partial charge in [0.25, 0.3) is 0 Å². The molecule has 0 atom stereocenters. The van der Waals surface area contributed by atoms with Gasteiger partial charge in [0.15, 0.2) is 12.2 Å². The molecule has 3 rings (SSSR count). The summed E-state index contributed by atoms with van der Waals surface area (Å²) in [6, 6.07) is 13.3. The van der Waals surface area contributed by atoms with Crippen molar-refractivity contribution in [2.24, 2.45) is 4.99 Å². The van der Waals surface area contributed by atoms with Crippen molar-refractivity contribution in [2.45, 2.75) is 27.4 Å². The Kier molecular flexibility index (Phi) is 6.44. The molecule has 3 aromatic rings. The quantitative estimate of drug-likeness (QED) is 0.325. The lowest BCUT2D eigenvalue weighted by molar-refractivity contribution is 0.0467. The van der Waals surface area contributed by atoms with E-state index in [1.54, 1.807) is 6.34 Å². The zero-order valence-electron chi connectivity index (χ0n) is 17.2. The monoisotopic (exact) mass is 391 g/mol. The first kappa shape index (κ1) is 20.3. The summed E-state index contributed by atoms with van der Waals surface area (Å²) >= 11 is 0. The summed E-state index contributed by atoms with van der Waals surface area (Å²) in [5.41, 5.74) is 4.56. The molecule has 29 heavy (non-hydrogen) atoms. The molecular weight excluding hydrogens is 366 g/mol. The van der Waals surface area contributed by atoms with Gasteiger partial charge in [-0.2, -0.15) is 0 Å². The molecule has 6 nitrogen and oxygen atoms in total. The molecule has 0 saturated carbocycles. The van der Waals surface area contributed by atoms with Crippen LogP contribution in [0.15, 0.2) is 58.3 Å². The Hall–Kier alpha value is -3.41. The maximum Gasteiger partial charge on any atom is 0.338 e. The summed E-state index contributed by atoms with van der Waals surface area (Å²) in [5, 5.41) is 0. The normalized spacial score (nSPS) is 11.0. The van der Waals surface area contributed by atoms with Gasteiger partial charge in [-0.3, -0.25) is 0 Å². The van der Waals surface area contributed by atoms with E-state index >= 15 is 0 Å². The Morgan fingerprint density at radius 1 is 1.21 bits per heavy atom. The van der Waals surface area contributed by atoms with Crippen LogP contribution in [-0.2, 0) is 11.3 Å². The molecule has 2 aromatic carbocycles. The molecule has 0 N–H and O–H groups in total. The molecule has 1 aromatic heterocycles. The topological polar surface area (TPSA) is 67.9 Å². The molecule has 0 aliphatic rings. The van der Waals surface area contributed by atoms with Crippen molar-refractivity contribution >= 4 is 18.0 Å². The molecule has 0 aliphatic carbocycles. The average Bonchev–Trinajstić information content (AvgIpc) is 3.21. The minimum atomic E-state index is -0.395. The summed E-state index contributed by atoms with van der Waals surface area (Å²) < 4.78 is 11.0. The Morgan fingerprint density at radius 2 is 1.97 bits per heavy atom. The number of hydrogen-bond donors (Lipinski definition) is 0. The fourth-order valence-corrected chi connectivity index (χ4v) is 2.81. The number of hydrogen-bond acceptors (Lipinski definition) is 5. The third-order valence-electron chi connectivity index (χ3n) is 4.67. The molecule has 0 amide bonds. The van der Waals surface area contributed by atoms with Gasteiger partial charge in [-0.15, -0.1) is 0 Å². The van der Waals surface area contributed by atoms with Gasteiger partial charge >= 0.3 is 5.97 Å². The molecule has 0 fully saturated rings. The number of aliphatic imine (C=N–C) groups is 1. The SMILES string of the molecule is CCN(C)C=Nc1cc(C)c(C(=O)OCc2ncoc2-c2ccccc2)cc1C. The van der Waals surface area contributed by atoms with Gasteiger partial charge in [0.2, 0.25) is 0 Å². The lowest BCUT2D eigenvalue weighted by Crippen LogP contribution is -2.14. The van der Waals surface area contributed by atoms with E-state index in [0.29, 0.717) is 17.0 Å². The Morgan fingerprint density at radius 3 is 2.69 bits per heavy atom. The number of aromatic nitrogens is 1. The van der Waals surface area contributed by atoms with Crippen LogP contribution >= 0.6 is 0 Å². The van der Waals surface area contributed by atoms with Gasteiger partial charge in [0.1, 0.15) is 12.3 Å². The van der Waals surface area contributed by atoms with E-state index in [2.05, 4.69) is 16.9 Å². The number of rotatable bonds is 7. The molecule has 0 spiro atoms. The smallest absolute Gasteiger partial charge is 0.338 e. The highest BCUT2D eigenvalue weighted by molar-refractivity contribution is 5.92. The lowest BCUT2D eigenvalue weighted by atomic mass is 10.0. The van der Waals surface area contributed by atoms with Crippen molar-refractivity contribution in [3.05, 3.63) is 71.2 Å². The van der Waals surface area contributed by atoms with Crippen LogP contribution in [0, 0.1) is 13.8 Å². The zero-order chi connectivity index (χ0) is 20.8. The predicted molar refractivity (Wildman–Crippen MR) is 113 cm³/mol. The van der Waals surface area contributed by atoms with Gasteiger partial charge in [-0.25, -0.2) is 14.8 Å². The van der Waals surface area contributed by atoms with E-state index in [9.17, 15) is 4.79 Å². The largest absolute Gasteiger partial charge is 0.455 e. The average molecular weight is 391 g/mol. The van der Waals surface area contributed by atoms with Crippen molar-refractivity contribution in [1.82, 2.24) is 9.88 Å². The Bertz CT molecular complexity index is 1010. The first-order chi connectivity index (χ1) is 14.0. The molecule has 0 bridgehead atoms. The molecule has 1 heterocycles. The highest BCUT2D eigenvalue weighted by atomic mass is 16.5. The van der Waals surface area contributed by atoms with E-state index in [1.807, 2.05) is 68.3 Å². The summed E-state index contributed by atoms with van der Waals surface area (Å²) in [5.74, 6) is 0.213. The number of ether oxygens (including phenoxy) is 1. The molecule has 6 heteroatoms. The molecular formula is C23H25N3O3. The van der Waals surface area contributed by atoms with Crippen LogP contribution in [-0.4, -0.2) is 35.8 Å². The maximum atomic E-state index is 12.7. The minimum absolute atomic E-state index is 0.0409. The predicted octanol–water partition coefficient (Wildman–Crippen LogP) is 4.93. The van der Waals surface area contributed by atoms with E-state index in [0.717, 1.165) is 28.9 Å². The van der Waals surface area contributed by atoms with Crippen molar-refractivity contribution < 1.29 is 13.9 Å². The molecule has 0 radical (unpaired) electrons. The number of esters is 1. The second-order valence-corrected chi connectivity index (χ2v) is 6.84. The fourth-order valence-electron chi connectivity index (χ4n) is 2.81. The first-order valence-corrected chi connectivity index (χ1v) is 9.50. The van der Waals surface area contributed by atoms with E-state index in [4.69, 9.17) is 9.15 Å². The summed E-state index contributed by atoms with van der Waals surface area (Å²) in [6.45, 7) is 6.78. The number of oxazole rings is 1. The lowest BCUT2D eigenvalue weighted by Gasteiger charge is -2.11. The van der Waals surface area contributed by atoms with Crippen LogP contribution in [0.3, 0.4) is 0 Å². The summed E-state index contributed by atoms with van der Waals surface area (Å²) in [4.78, 5) is 23.3. The number of carbonyl (C=O) groups excluding carboxylic acids is 1. The third kappa shape index (κ3) is 4.90. The van der Waals surface area contributed by atoms with Crippen LogP contribution in [0.5, 0.6) is 0 Å². The summed E-state index contributed by atoms with van der Waals surface area (Å²) in [7, 11) is 1.96. The molecule has 0 unspecified atom stereocenters. The van der Waals surface area contributed by atoms with Gasteiger partial charge in [-0.1, -0.05) is 30.3 Å². The van der Waals surface area contributed by atoms with Crippen molar-refractivity contribution in [2.75, 3.05) is 13.6 Å². The van der Waals surface area contributed by atoms with Crippen LogP contribution in [0.25, 0.3) is 11.3 Å². The first-order valence-electron chi connectivity index (χ1n) is 9.50. The highest BCUT2D eigenvalue weighted by Gasteiger charge is 2.16. The minimum Gasteiger partial charge on any atom is -0.455 e. The molecule has 150 valence electrons.